The first kappa shape index (κ1) is 16.0. The molecule has 0 unspecified atom stereocenters. The number of hydrogen-bond acceptors (Lipinski definition) is 6. The van der Waals surface area contributed by atoms with Crippen LogP contribution >= 0.6 is 11.6 Å². The number of nitrogens with zero attached hydrogens (tertiary/aromatic N) is 3. The molecule has 4 N–H and O–H groups in total. The molecular weight excluding hydrogens is 324 g/mol. The number of nitrogens with two attached hydrogens (primary N) is 1. The first-order valence-electron chi connectivity index (χ1n) is 7.36. The van der Waals surface area contributed by atoms with Crippen LogP contribution in [0.15, 0.2) is 42.9 Å². The molecule has 0 aliphatic rings. The molecule has 1 aromatic carbocycles. The van der Waals surface area contributed by atoms with Crippen LogP contribution in [0.1, 0.15) is 11.1 Å². The lowest BCUT2D eigenvalue weighted by Crippen LogP contribution is -2.06. The summed E-state index contributed by atoms with van der Waals surface area (Å²) >= 11 is 5.84. The van der Waals surface area contributed by atoms with Gasteiger partial charge in [0.1, 0.15) is 17.8 Å². The van der Waals surface area contributed by atoms with Crippen molar-refractivity contribution in [2.75, 3.05) is 16.4 Å². The number of pyridine rings is 1. The van der Waals surface area contributed by atoms with Crippen molar-refractivity contribution in [2.45, 2.75) is 13.8 Å². The molecule has 0 aliphatic heterocycles. The minimum Gasteiger partial charge on any atom is -0.393 e. The van der Waals surface area contributed by atoms with Crippen molar-refractivity contribution in [1.29, 1.82) is 0 Å². The Morgan fingerprint density at radius 3 is 2.38 bits per heavy atom. The number of hydrogen-bond donors (Lipinski definition) is 3. The fourth-order valence-corrected chi connectivity index (χ4v) is 2.36. The maximum atomic E-state index is 6.19. The Morgan fingerprint density at radius 1 is 0.958 bits per heavy atom. The van der Waals surface area contributed by atoms with Crippen LogP contribution in [-0.4, -0.2) is 15.0 Å². The molecule has 0 saturated heterocycles. The Morgan fingerprint density at radius 2 is 1.71 bits per heavy atom. The molecule has 0 aliphatic carbocycles. The van der Waals surface area contributed by atoms with Crippen molar-refractivity contribution in [3.8, 4) is 0 Å². The summed E-state index contributed by atoms with van der Waals surface area (Å²) in [5.41, 5.74) is 9.85. The van der Waals surface area contributed by atoms with E-state index in [-0.39, 0.29) is 0 Å². The summed E-state index contributed by atoms with van der Waals surface area (Å²) < 4.78 is 0. The van der Waals surface area contributed by atoms with Gasteiger partial charge in [0.05, 0.1) is 5.02 Å². The molecule has 24 heavy (non-hydrogen) atoms. The normalized spacial score (nSPS) is 10.5. The standard InChI is InChI=1S/C17H17ClN6/c1-10-3-5-13(11(2)7-10)23-16-15(19)17(22-9-21-16)24-14-6-4-12(18)8-20-14/h3-9H,19H2,1-2H3,(H2,20,21,22,23,24). The van der Waals surface area contributed by atoms with Gasteiger partial charge >= 0.3 is 0 Å². The number of benzene rings is 1. The van der Waals surface area contributed by atoms with Crippen LogP contribution in [-0.2, 0) is 0 Å². The Hall–Kier alpha value is -2.86. The van der Waals surface area contributed by atoms with Crippen LogP contribution in [0.25, 0.3) is 0 Å². The van der Waals surface area contributed by atoms with Crippen LogP contribution in [0, 0.1) is 13.8 Å². The summed E-state index contributed by atoms with van der Waals surface area (Å²) in [4.78, 5) is 12.6. The zero-order valence-electron chi connectivity index (χ0n) is 13.3. The van der Waals surface area contributed by atoms with Gasteiger partial charge in [0.2, 0.25) is 0 Å². The van der Waals surface area contributed by atoms with E-state index in [1.807, 2.05) is 19.1 Å². The highest BCUT2D eigenvalue weighted by Crippen LogP contribution is 2.29. The number of aromatic nitrogens is 3. The van der Waals surface area contributed by atoms with Crippen molar-refractivity contribution >= 4 is 40.4 Å². The number of halogens is 1. The number of rotatable bonds is 4. The van der Waals surface area contributed by atoms with Crippen molar-refractivity contribution < 1.29 is 0 Å². The van der Waals surface area contributed by atoms with Gasteiger partial charge in [-0.3, -0.25) is 0 Å². The summed E-state index contributed by atoms with van der Waals surface area (Å²) in [6.45, 7) is 4.08. The van der Waals surface area contributed by atoms with E-state index < -0.39 is 0 Å². The Kier molecular flexibility index (Phi) is 4.48. The van der Waals surface area contributed by atoms with E-state index in [2.05, 4.69) is 38.6 Å². The number of anilines is 5. The summed E-state index contributed by atoms with van der Waals surface area (Å²) in [5.74, 6) is 1.61. The molecule has 0 spiro atoms. The van der Waals surface area contributed by atoms with Crippen LogP contribution in [0.4, 0.5) is 28.8 Å². The fraction of sp³-hybridized carbons (Fsp3) is 0.118. The molecule has 3 rings (SSSR count). The number of aryl methyl sites for hydroxylation is 2. The molecule has 2 aromatic heterocycles. The minimum absolute atomic E-state index is 0.411. The Bertz CT molecular complexity index is 863. The quantitative estimate of drug-likeness (QED) is 0.659. The molecule has 6 nitrogen and oxygen atoms in total. The molecule has 7 heteroatoms. The maximum absolute atomic E-state index is 6.19. The van der Waals surface area contributed by atoms with Gasteiger partial charge in [-0.1, -0.05) is 29.3 Å². The third-order valence-electron chi connectivity index (χ3n) is 3.49. The van der Waals surface area contributed by atoms with E-state index in [9.17, 15) is 0 Å². The molecule has 2 heterocycles. The summed E-state index contributed by atoms with van der Waals surface area (Å²) in [6.07, 6.45) is 3.00. The van der Waals surface area contributed by atoms with Crippen LogP contribution in [0.2, 0.25) is 5.02 Å². The number of nitrogens with one attached hydrogen (secondary N) is 2. The topological polar surface area (TPSA) is 88.8 Å². The lowest BCUT2D eigenvalue weighted by molar-refractivity contribution is 1.16. The van der Waals surface area contributed by atoms with Gasteiger partial charge in [0.15, 0.2) is 11.6 Å². The summed E-state index contributed by atoms with van der Waals surface area (Å²) in [6, 6.07) is 9.62. The molecule has 0 radical (unpaired) electrons. The van der Waals surface area contributed by atoms with E-state index >= 15 is 0 Å². The lowest BCUT2D eigenvalue weighted by atomic mass is 10.1. The van der Waals surface area contributed by atoms with E-state index in [1.165, 1.54) is 11.9 Å². The Balaban J connectivity index is 1.86. The predicted octanol–water partition coefficient (Wildman–Crippen LogP) is 4.21. The van der Waals surface area contributed by atoms with E-state index in [1.54, 1.807) is 18.3 Å². The zero-order chi connectivity index (χ0) is 17.1. The molecule has 0 amide bonds. The zero-order valence-corrected chi connectivity index (χ0v) is 14.1. The lowest BCUT2D eigenvalue weighted by Gasteiger charge is -2.14. The average molecular weight is 341 g/mol. The predicted molar refractivity (Wildman–Crippen MR) is 98.2 cm³/mol. The highest BCUT2D eigenvalue weighted by atomic mass is 35.5. The number of nitrogen functional groups attached to an aromatic ring is 1. The van der Waals surface area contributed by atoms with Gasteiger partial charge < -0.3 is 16.4 Å². The van der Waals surface area contributed by atoms with Gasteiger partial charge in [0.25, 0.3) is 0 Å². The summed E-state index contributed by atoms with van der Waals surface area (Å²) in [5, 5.41) is 6.87. The minimum atomic E-state index is 0.411. The molecule has 0 fully saturated rings. The average Bonchev–Trinajstić information content (AvgIpc) is 2.55. The monoisotopic (exact) mass is 340 g/mol. The SMILES string of the molecule is Cc1ccc(Nc2ncnc(Nc3ccc(Cl)cn3)c2N)c(C)c1. The molecule has 0 bridgehead atoms. The third kappa shape index (κ3) is 3.55. The van der Waals surface area contributed by atoms with Crippen molar-refractivity contribution in [3.63, 3.8) is 0 Å². The highest BCUT2D eigenvalue weighted by molar-refractivity contribution is 6.30. The van der Waals surface area contributed by atoms with Gasteiger partial charge in [-0.05, 0) is 37.6 Å². The molecule has 3 aromatic rings. The van der Waals surface area contributed by atoms with Gasteiger partial charge in [-0.2, -0.15) is 0 Å². The van der Waals surface area contributed by atoms with E-state index in [4.69, 9.17) is 17.3 Å². The first-order valence-corrected chi connectivity index (χ1v) is 7.74. The highest BCUT2D eigenvalue weighted by Gasteiger charge is 2.10. The second kappa shape index (κ2) is 6.72. The van der Waals surface area contributed by atoms with Crippen LogP contribution in [0.5, 0.6) is 0 Å². The molecule has 122 valence electrons. The van der Waals surface area contributed by atoms with Crippen LogP contribution < -0.4 is 16.4 Å². The smallest absolute Gasteiger partial charge is 0.160 e. The second-order valence-corrected chi connectivity index (χ2v) is 5.85. The van der Waals surface area contributed by atoms with E-state index in [0.29, 0.717) is 28.2 Å². The first-order chi connectivity index (χ1) is 11.5. The van der Waals surface area contributed by atoms with Gasteiger partial charge in [0, 0.05) is 11.9 Å². The molecular formula is C17H17ClN6. The fourth-order valence-electron chi connectivity index (χ4n) is 2.25. The van der Waals surface area contributed by atoms with Crippen molar-refractivity contribution in [2.24, 2.45) is 0 Å². The summed E-state index contributed by atoms with van der Waals surface area (Å²) in [7, 11) is 0. The Labute approximate surface area is 145 Å². The van der Waals surface area contributed by atoms with Crippen molar-refractivity contribution in [3.05, 3.63) is 59.0 Å². The largest absolute Gasteiger partial charge is 0.393 e. The van der Waals surface area contributed by atoms with Gasteiger partial charge in [-0.25, -0.2) is 15.0 Å². The van der Waals surface area contributed by atoms with Gasteiger partial charge in [-0.15, -0.1) is 0 Å². The van der Waals surface area contributed by atoms with E-state index in [0.717, 1.165) is 11.3 Å². The molecule has 0 saturated carbocycles. The third-order valence-corrected chi connectivity index (χ3v) is 3.72. The van der Waals surface area contributed by atoms with Crippen molar-refractivity contribution in [1.82, 2.24) is 15.0 Å². The van der Waals surface area contributed by atoms with Crippen LogP contribution in [0.3, 0.4) is 0 Å². The maximum Gasteiger partial charge on any atom is 0.160 e. The molecule has 0 atom stereocenters. The second-order valence-electron chi connectivity index (χ2n) is 5.41.